The zero-order valence-electron chi connectivity index (χ0n) is 35.6. The minimum absolute atomic E-state index is 0.544. The molecule has 66 heavy (non-hydrogen) atoms. The molecule has 0 saturated carbocycles. The van der Waals surface area contributed by atoms with Crippen molar-refractivity contribution in [2.45, 2.75) is 5.41 Å². The Morgan fingerprint density at radius 3 is 1.86 bits per heavy atom. The number of para-hydroxylation sites is 2. The lowest BCUT2D eigenvalue weighted by Crippen LogP contribution is -2.28. The van der Waals surface area contributed by atoms with Crippen LogP contribution in [-0.2, 0) is 5.41 Å². The summed E-state index contributed by atoms with van der Waals surface area (Å²) in [6.45, 7) is 0. The number of benzene rings is 9. The van der Waals surface area contributed by atoms with Crippen LogP contribution in [-0.4, -0.2) is 14.6 Å². The van der Waals surface area contributed by atoms with E-state index in [4.69, 9.17) is 14.5 Å². The number of pyridine rings is 2. The molecule has 0 N–H and O–H groups in total. The molecule has 0 fully saturated rings. The number of furan rings is 1. The molecule has 0 bridgehead atoms. The van der Waals surface area contributed by atoms with Gasteiger partial charge in [0.25, 0.3) is 0 Å². The van der Waals surface area contributed by atoms with Gasteiger partial charge in [0.05, 0.1) is 39.5 Å². The first-order valence-electron chi connectivity index (χ1n) is 22.5. The van der Waals surface area contributed by atoms with Crippen LogP contribution in [0.2, 0.25) is 0 Å². The van der Waals surface area contributed by atoms with Crippen molar-refractivity contribution in [1.29, 1.82) is 0 Å². The molecule has 9 aromatic carbocycles. The highest BCUT2D eigenvalue weighted by atomic mass is 16.3. The van der Waals surface area contributed by atoms with Gasteiger partial charge in [-0.3, -0.25) is 0 Å². The summed E-state index contributed by atoms with van der Waals surface area (Å²) in [7, 11) is 0. The van der Waals surface area contributed by atoms with Gasteiger partial charge in [-0.1, -0.05) is 164 Å². The third kappa shape index (κ3) is 5.22. The fourth-order valence-electron chi connectivity index (χ4n) is 11.0. The molecule has 0 spiro atoms. The molecule has 5 nitrogen and oxygen atoms in total. The van der Waals surface area contributed by atoms with E-state index in [1.165, 1.54) is 33.4 Å². The highest BCUT2D eigenvalue weighted by Gasteiger charge is 2.46. The van der Waals surface area contributed by atoms with Crippen LogP contribution < -0.4 is 4.90 Å². The summed E-state index contributed by atoms with van der Waals surface area (Å²) in [6.07, 6.45) is 2.16. The molecule has 5 heteroatoms. The van der Waals surface area contributed by atoms with Crippen LogP contribution in [0.25, 0.3) is 82.4 Å². The van der Waals surface area contributed by atoms with Gasteiger partial charge in [0.1, 0.15) is 11.2 Å². The SMILES string of the molecule is c1ccc(C2(c3ccccc3)c3ccccc3-c3ccc(N(c4ccc(-c5nc6ccccc6c6c5ccc5c7ccccc7oc56)cc4)c4ccc5c6ccccc6nn5c4)cc32)cc1. The van der Waals surface area contributed by atoms with Gasteiger partial charge in [0.15, 0.2) is 0 Å². The molecule has 4 aromatic heterocycles. The van der Waals surface area contributed by atoms with E-state index in [1.54, 1.807) is 0 Å². The maximum atomic E-state index is 6.64. The van der Waals surface area contributed by atoms with Crippen molar-refractivity contribution in [3.8, 4) is 22.4 Å². The smallest absolute Gasteiger partial charge is 0.144 e. The highest BCUT2D eigenvalue weighted by molar-refractivity contribution is 6.24. The Balaban J connectivity index is 0.985. The minimum Gasteiger partial charge on any atom is -0.455 e. The molecule has 1 aliphatic rings. The van der Waals surface area contributed by atoms with Crippen molar-refractivity contribution in [2.24, 2.45) is 0 Å². The maximum Gasteiger partial charge on any atom is 0.144 e. The van der Waals surface area contributed by atoms with Gasteiger partial charge in [-0.15, -0.1) is 0 Å². The predicted molar refractivity (Wildman–Crippen MR) is 270 cm³/mol. The van der Waals surface area contributed by atoms with E-state index >= 15 is 0 Å². The van der Waals surface area contributed by atoms with Crippen LogP contribution >= 0.6 is 0 Å². The van der Waals surface area contributed by atoms with Crippen LogP contribution in [0.3, 0.4) is 0 Å². The molecule has 4 heterocycles. The van der Waals surface area contributed by atoms with Crippen LogP contribution in [0.1, 0.15) is 22.3 Å². The Labute approximate surface area is 380 Å². The first-order valence-corrected chi connectivity index (χ1v) is 22.5. The zero-order valence-corrected chi connectivity index (χ0v) is 35.6. The lowest BCUT2D eigenvalue weighted by Gasteiger charge is -2.35. The molecule has 13 aromatic rings. The van der Waals surface area contributed by atoms with Gasteiger partial charge in [-0.25, -0.2) is 9.50 Å². The molecule has 0 atom stereocenters. The van der Waals surface area contributed by atoms with E-state index in [0.717, 1.165) is 88.4 Å². The quantitative estimate of drug-likeness (QED) is 0.156. The second-order valence-corrected chi connectivity index (χ2v) is 17.3. The molecule has 1 aliphatic carbocycles. The highest BCUT2D eigenvalue weighted by Crippen LogP contribution is 2.57. The standard InChI is InChI=1S/C61H38N4O/c1-3-15-40(16-4-1)61(41-17-5-2-6-18-41)52-23-11-7-19-45(52)46-33-31-43(37-53(46)61)65(44-32-36-56-49-21-8-13-25-55(49)63-64(56)38-44)42-29-27-39(28-30-42)59-51-35-34-48-47-20-10-14-26-57(47)66-60(48)58(51)50-22-9-12-24-54(50)62-59/h1-38H. The van der Waals surface area contributed by atoms with Crippen LogP contribution in [0.15, 0.2) is 235 Å². The zero-order chi connectivity index (χ0) is 43.3. The van der Waals surface area contributed by atoms with E-state index in [1.807, 2.05) is 22.7 Å². The molecule has 0 radical (unpaired) electrons. The van der Waals surface area contributed by atoms with Crippen molar-refractivity contribution in [3.63, 3.8) is 0 Å². The van der Waals surface area contributed by atoms with Gasteiger partial charge in [-0.05, 0) is 94.0 Å². The molecular weight excluding hydrogens is 805 g/mol. The van der Waals surface area contributed by atoms with Gasteiger partial charge < -0.3 is 9.32 Å². The van der Waals surface area contributed by atoms with Crippen LogP contribution in [0, 0.1) is 0 Å². The van der Waals surface area contributed by atoms with Gasteiger partial charge in [-0.2, -0.15) is 5.10 Å². The Kier molecular flexibility index (Phi) is 7.83. The largest absolute Gasteiger partial charge is 0.455 e. The van der Waals surface area contributed by atoms with Crippen molar-refractivity contribution in [2.75, 3.05) is 4.90 Å². The third-order valence-corrected chi connectivity index (χ3v) is 13.9. The first kappa shape index (κ1) is 36.7. The number of aromatic nitrogens is 3. The number of anilines is 3. The molecule has 0 unspecified atom stereocenters. The van der Waals surface area contributed by atoms with Crippen molar-refractivity contribution >= 4 is 77.1 Å². The summed E-state index contributed by atoms with van der Waals surface area (Å²) in [5.41, 5.74) is 16.7. The summed E-state index contributed by atoms with van der Waals surface area (Å²) >= 11 is 0. The Morgan fingerprint density at radius 2 is 1.06 bits per heavy atom. The molecule has 0 aliphatic heterocycles. The van der Waals surface area contributed by atoms with E-state index in [0.29, 0.717) is 0 Å². The summed E-state index contributed by atoms with van der Waals surface area (Å²) in [4.78, 5) is 7.71. The lowest BCUT2D eigenvalue weighted by atomic mass is 9.67. The molecule has 308 valence electrons. The average molecular weight is 843 g/mol. The second-order valence-electron chi connectivity index (χ2n) is 17.3. The molecule has 0 saturated heterocycles. The first-order chi connectivity index (χ1) is 32.7. The van der Waals surface area contributed by atoms with Crippen molar-refractivity contribution in [1.82, 2.24) is 14.6 Å². The molecule has 14 rings (SSSR count). The molecular formula is C61H38N4O. The van der Waals surface area contributed by atoms with Gasteiger partial charge >= 0.3 is 0 Å². The fraction of sp³-hybridized carbons (Fsp3) is 0.0164. The second kappa shape index (κ2) is 14.1. The number of fused-ring (bicyclic) bond motifs is 13. The topological polar surface area (TPSA) is 46.6 Å². The van der Waals surface area contributed by atoms with Gasteiger partial charge in [0.2, 0.25) is 0 Å². The number of nitrogens with zero attached hydrogens (tertiary/aromatic N) is 4. The Hall–Kier alpha value is -8.80. The normalized spacial score (nSPS) is 13.0. The minimum atomic E-state index is -0.544. The van der Waals surface area contributed by atoms with E-state index in [2.05, 4.69) is 217 Å². The monoisotopic (exact) mass is 842 g/mol. The molecule has 0 amide bonds. The number of rotatable bonds is 6. The summed E-state index contributed by atoms with van der Waals surface area (Å²) in [5, 5.41) is 11.6. The van der Waals surface area contributed by atoms with E-state index in [-0.39, 0.29) is 0 Å². The summed E-state index contributed by atoms with van der Waals surface area (Å²) in [5.74, 6) is 0. The number of hydrogen-bond acceptors (Lipinski definition) is 4. The lowest BCUT2D eigenvalue weighted by molar-refractivity contribution is 0.673. The Morgan fingerprint density at radius 1 is 0.439 bits per heavy atom. The Bertz CT molecular complexity index is 4020. The van der Waals surface area contributed by atoms with Crippen molar-refractivity contribution in [3.05, 3.63) is 253 Å². The van der Waals surface area contributed by atoms with Gasteiger partial charge in [0, 0.05) is 49.3 Å². The van der Waals surface area contributed by atoms with Crippen molar-refractivity contribution < 1.29 is 4.42 Å². The summed E-state index contributed by atoms with van der Waals surface area (Å²) in [6, 6.07) is 80.6. The number of hydrogen-bond donors (Lipinski definition) is 0. The third-order valence-electron chi connectivity index (χ3n) is 13.9. The average Bonchev–Trinajstić information content (AvgIpc) is 4.05. The van der Waals surface area contributed by atoms with Crippen LogP contribution in [0.5, 0.6) is 0 Å². The summed E-state index contributed by atoms with van der Waals surface area (Å²) < 4.78 is 8.67. The van der Waals surface area contributed by atoms with E-state index in [9.17, 15) is 0 Å². The van der Waals surface area contributed by atoms with E-state index < -0.39 is 5.41 Å². The fourth-order valence-corrected chi connectivity index (χ4v) is 11.0. The predicted octanol–water partition coefficient (Wildman–Crippen LogP) is 15.6. The maximum absolute atomic E-state index is 6.64. The van der Waals surface area contributed by atoms with Crippen LogP contribution in [0.4, 0.5) is 17.1 Å².